The van der Waals surface area contributed by atoms with Gasteiger partial charge in [-0.2, -0.15) is 21.6 Å². The van der Waals surface area contributed by atoms with E-state index in [-0.39, 0.29) is 5.56 Å². The summed E-state index contributed by atoms with van der Waals surface area (Å²) in [5, 5.41) is 1.39. The Morgan fingerprint density at radius 3 is 1.58 bits per heavy atom. The van der Waals surface area contributed by atoms with E-state index in [2.05, 4.69) is 9.97 Å². The summed E-state index contributed by atoms with van der Waals surface area (Å²) in [5.74, 6) is 0. The van der Waals surface area contributed by atoms with Crippen molar-refractivity contribution in [2.24, 2.45) is 0 Å². The third kappa shape index (κ3) is 3.88. The third-order valence-electron chi connectivity index (χ3n) is 6.50. The number of halogens is 3. The summed E-state index contributed by atoms with van der Waals surface area (Å²) in [6.45, 7) is 3.82. The van der Waals surface area contributed by atoms with Crippen LogP contribution in [0.3, 0.4) is 0 Å². The van der Waals surface area contributed by atoms with Gasteiger partial charge in [-0.05, 0) is 42.7 Å². The Hall–Kier alpha value is -3.56. The number of para-hydroxylation sites is 2. The van der Waals surface area contributed by atoms with Gasteiger partial charge in [0.05, 0.1) is 11.8 Å². The molecule has 3 aromatic carbocycles. The van der Waals surface area contributed by atoms with Crippen LogP contribution in [-0.4, -0.2) is 24.6 Å². The molecule has 0 radical (unpaired) electrons. The van der Waals surface area contributed by atoms with E-state index in [9.17, 15) is 21.6 Å². The minimum Gasteiger partial charge on any atom is -0.361 e. The first-order chi connectivity index (χ1) is 16.9. The third-order valence-corrected chi connectivity index (χ3v) is 7.05. The van der Waals surface area contributed by atoms with Gasteiger partial charge in [-0.15, -0.1) is 0 Å². The van der Waals surface area contributed by atoms with Crippen LogP contribution in [0.2, 0.25) is 0 Å². The fourth-order valence-corrected chi connectivity index (χ4v) is 5.64. The Morgan fingerprint density at radius 2 is 1.17 bits per heavy atom. The van der Waals surface area contributed by atoms with Crippen LogP contribution >= 0.6 is 0 Å². The van der Waals surface area contributed by atoms with Gasteiger partial charge in [0.2, 0.25) is 0 Å². The van der Waals surface area contributed by atoms with Gasteiger partial charge in [0, 0.05) is 45.3 Å². The molecule has 0 aliphatic heterocycles. The molecule has 0 bridgehead atoms. The number of H-pyrrole nitrogens is 2. The molecule has 5 rings (SSSR count). The Morgan fingerprint density at radius 1 is 0.722 bits per heavy atom. The molecule has 0 saturated heterocycles. The van der Waals surface area contributed by atoms with Crippen molar-refractivity contribution in [3.05, 3.63) is 106 Å². The van der Waals surface area contributed by atoms with Crippen molar-refractivity contribution in [1.82, 2.24) is 9.97 Å². The zero-order chi connectivity index (χ0) is 25.9. The summed E-state index contributed by atoms with van der Waals surface area (Å²) in [7, 11) is -4.13. The summed E-state index contributed by atoms with van der Waals surface area (Å²) in [6, 6.07) is 15.6. The van der Waals surface area contributed by atoms with E-state index < -0.39 is 27.5 Å². The van der Waals surface area contributed by atoms with Crippen molar-refractivity contribution in [2.45, 2.75) is 25.6 Å². The quantitative estimate of drug-likeness (QED) is 0.262. The number of aromatic nitrogens is 2. The number of aryl methyl sites for hydroxylation is 2. The van der Waals surface area contributed by atoms with E-state index in [1.165, 1.54) is 12.1 Å². The van der Waals surface area contributed by atoms with Crippen molar-refractivity contribution in [3.63, 3.8) is 0 Å². The summed E-state index contributed by atoms with van der Waals surface area (Å²) in [5.41, 5.74) is 1.95. The fraction of sp³-hybridized carbons (Fsp3) is 0.185. The van der Waals surface area contributed by atoms with Crippen LogP contribution in [0.25, 0.3) is 21.8 Å². The Balaban J connectivity index is 1.94. The molecular weight excluding hydrogens is 489 g/mol. The average molecular weight is 513 g/mol. The molecule has 0 aliphatic carbocycles. The number of nitrogens with one attached hydrogen (secondary N) is 2. The smallest absolute Gasteiger partial charge is 0.361 e. The second-order valence-electron chi connectivity index (χ2n) is 8.94. The summed E-state index contributed by atoms with van der Waals surface area (Å²) < 4.78 is 71.8. The van der Waals surface area contributed by atoms with Crippen LogP contribution in [0.5, 0.6) is 0 Å². The number of fused-ring (bicyclic) bond motifs is 2. The largest absolute Gasteiger partial charge is 0.416 e. The van der Waals surface area contributed by atoms with E-state index in [1.807, 2.05) is 50.2 Å². The maximum atomic E-state index is 13.4. The number of benzene rings is 3. The molecule has 36 heavy (non-hydrogen) atoms. The first-order valence-electron chi connectivity index (χ1n) is 11.1. The minimum absolute atomic E-state index is 0.241. The van der Waals surface area contributed by atoms with E-state index in [0.29, 0.717) is 21.9 Å². The van der Waals surface area contributed by atoms with Gasteiger partial charge in [-0.1, -0.05) is 48.5 Å². The molecule has 0 fully saturated rings. The van der Waals surface area contributed by atoms with Crippen LogP contribution < -0.4 is 0 Å². The second kappa shape index (κ2) is 8.25. The van der Waals surface area contributed by atoms with Gasteiger partial charge in [-0.25, -0.2) is 4.18 Å². The lowest BCUT2D eigenvalue weighted by atomic mass is 9.79. The highest BCUT2D eigenvalue weighted by atomic mass is 32.2. The number of alkyl halides is 3. The highest BCUT2D eigenvalue weighted by Gasteiger charge is 2.45. The van der Waals surface area contributed by atoms with E-state index in [0.717, 1.165) is 40.5 Å². The lowest BCUT2D eigenvalue weighted by molar-refractivity contribution is -0.137. The van der Waals surface area contributed by atoms with Gasteiger partial charge in [0.15, 0.2) is 5.60 Å². The highest BCUT2D eigenvalue weighted by molar-refractivity contribution is 7.86. The topological polar surface area (TPSA) is 75.0 Å². The Labute approximate surface area is 206 Å². The molecule has 0 aliphatic rings. The van der Waals surface area contributed by atoms with Crippen molar-refractivity contribution in [2.75, 3.05) is 6.26 Å². The molecule has 0 unspecified atom stereocenters. The summed E-state index contributed by atoms with van der Waals surface area (Å²) >= 11 is 0. The van der Waals surface area contributed by atoms with E-state index in [1.54, 1.807) is 12.4 Å². The lowest BCUT2D eigenvalue weighted by Gasteiger charge is -2.33. The van der Waals surface area contributed by atoms with Crippen molar-refractivity contribution >= 4 is 31.9 Å². The molecule has 0 saturated carbocycles. The molecule has 186 valence electrons. The minimum atomic E-state index is -4.55. The Bertz CT molecular complexity index is 1620. The van der Waals surface area contributed by atoms with Gasteiger partial charge < -0.3 is 9.97 Å². The number of hydrogen-bond acceptors (Lipinski definition) is 3. The highest BCUT2D eigenvalue weighted by Crippen LogP contribution is 2.48. The van der Waals surface area contributed by atoms with Crippen molar-refractivity contribution in [3.8, 4) is 0 Å². The molecule has 2 heterocycles. The number of aromatic amines is 2. The molecule has 2 aromatic heterocycles. The zero-order valence-electron chi connectivity index (χ0n) is 19.7. The average Bonchev–Trinajstić information content (AvgIpc) is 3.43. The molecule has 5 aromatic rings. The monoisotopic (exact) mass is 512 g/mol. The summed E-state index contributed by atoms with van der Waals surface area (Å²) in [4.78, 5) is 6.42. The first-order valence-corrected chi connectivity index (χ1v) is 13.0. The first kappa shape index (κ1) is 24.1. The van der Waals surface area contributed by atoms with Crippen molar-refractivity contribution < 1.29 is 25.8 Å². The SMILES string of the molecule is Cc1cccc2c(C(OS(C)(=O)=O)(c3ccc(C(F)(F)F)cc3)c3c[nH]c4c(C)cccc34)c[nH]c12. The predicted molar refractivity (Wildman–Crippen MR) is 133 cm³/mol. The molecule has 2 N–H and O–H groups in total. The fourth-order valence-electron chi connectivity index (χ4n) is 4.91. The maximum absolute atomic E-state index is 13.4. The van der Waals surface area contributed by atoms with Gasteiger partial charge in [0.25, 0.3) is 10.1 Å². The Kier molecular flexibility index (Phi) is 5.53. The lowest BCUT2D eigenvalue weighted by Crippen LogP contribution is -2.35. The molecule has 5 nitrogen and oxygen atoms in total. The van der Waals surface area contributed by atoms with Gasteiger partial charge >= 0.3 is 6.18 Å². The summed E-state index contributed by atoms with van der Waals surface area (Å²) in [6.07, 6.45) is -0.287. The van der Waals surface area contributed by atoms with Crippen molar-refractivity contribution in [1.29, 1.82) is 0 Å². The number of rotatable bonds is 5. The van der Waals surface area contributed by atoms with E-state index in [4.69, 9.17) is 4.18 Å². The second-order valence-corrected chi connectivity index (χ2v) is 10.5. The maximum Gasteiger partial charge on any atom is 0.416 e. The molecule has 0 amide bonds. The van der Waals surface area contributed by atoms with Crippen LogP contribution in [0, 0.1) is 13.8 Å². The van der Waals surface area contributed by atoms with Crippen LogP contribution in [0.4, 0.5) is 13.2 Å². The zero-order valence-corrected chi connectivity index (χ0v) is 20.5. The van der Waals surface area contributed by atoms with Crippen LogP contribution in [0.1, 0.15) is 33.4 Å². The standard InChI is InChI=1S/C27H23F3N2O3S/c1-16-6-4-8-20-22(14-31-24(16)20)26(35-36(3,33)34,18-10-12-19(13-11-18)27(28,29)30)23-15-32-25-17(2)7-5-9-21(23)25/h4-15,31-32H,1-3H3. The molecular formula is C27H23F3N2O3S. The number of hydrogen-bond donors (Lipinski definition) is 2. The predicted octanol–water partition coefficient (Wildman–Crippen LogP) is 6.55. The van der Waals surface area contributed by atoms with E-state index >= 15 is 0 Å². The normalized spacial score (nSPS) is 13.1. The van der Waals surface area contributed by atoms with Crippen LogP contribution in [-0.2, 0) is 26.1 Å². The molecule has 9 heteroatoms. The van der Waals surface area contributed by atoms with Crippen LogP contribution in [0.15, 0.2) is 73.1 Å². The van der Waals surface area contributed by atoms with Gasteiger partial charge in [0.1, 0.15) is 0 Å². The molecule has 0 atom stereocenters. The molecule has 0 spiro atoms. The van der Waals surface area contributed by atoms with Gasteiger partial charge in [-0.3, -0.25) is 0 Å².